The minimum Gasteiger partial charge on any atom is -0.491 e. The van der Waals surface area contributed by atoms with E-state index in [0.29, 0.717) is 37.7 Å². The number of aliphatic hydroxyl groups is 1. The highest BCUT2D eigenvalue weighted by molar-refractivity contribution is 5.70. The molecule has 1 aliphatic heterocycles. The first-order valence-electron chi connectivity index (χ1n) is 6.34. The monoisotopic (exact) mass is 270 g/mol. The maximum Gasteiger partial charge on any atom is 0.167 e. The number of nitrogens with two attached hydrogens (primary N) is 1. The Balaban J connectivity index is 2.34. The molecular weight excluding hydrogens is 251 g/mol. The van der Waals surface area contributed by atoms with Gasteiger partial charge in [-0.1, -0.05) is 0 Å². The number of hydrogen-bond donors (Lipinski definition) is 2. The van der Waals surface area contributed by atoms with E-state index >= 15 is 0 Å². The normalized spacial score (nSPS) is 19.5. The standard InChI is InChI=1S/C13H19FN2O3/c1-2-19-13-6-12(11(15)5-10(13)14)16-3-4-18-8-9(16)7-17/h5-6,9,17H,2-4,7-8,15H2,1H3. The molecule has 0 aliphatic carbocycles. The van der Waals surface area contributed by atoms with Crippen molar-refractivity contribution < 1.29 is 19.0 Å². The van der Waals surface area contributed by atoms with Crippen LogP contribution in [0.2, 0.25) is 0 Å². The average Bonchev–Trinajstić information content (AvgIpc) is 2.42. The molecular formula is C13H19FN2O3. The number of benzene rings is 1. The van der Waals surface area contributed by atoms with E-state index in [4.69, 9.17) is 15.2 Å². The van der Waals surface area contributed by atoms with E-state index in [9.17, 15) is 9.50 Å². The minimum atomic E-state index is -0.475. The average molecular weight is 270 g/mol. The van der Waals surface area contributed by atoms with E-state index in [1.807, 2.05) is 4.90 Å². The van der Waals surface area contributed by atoms with Crippen LogP contribution in [0.25, 0.3) is 0 Å². The summed E-state index contributed by atoms with van der Waals surface area (Å²) in [6.45, 7) is 3.72. The van der Waals surface area contributed by atoms with Crippen LogP contribution in [0.15, 0.2) is 12.1 Å². The lowest BCUT2D eigenvalue weighted by Gasteiger charge is -2.37. The molecule has 2 rings (SSSR count). The summed E-state index contributed by atoms with van der Waals surface area (Å²) in [5.74, 6) is -0.299. The Kier molecular flexibility index (Phi) is 4.44. The summed E-state index contributed by atoms with van der Waals surface area (Å²) in [5.41, 5.74) is 6.88. The van der Waals surface area contributed by atoms with Crippen LogP contribution in [0.1, 0.15) is 6.92 Å². The summed E-state index contributed by atoms with van der Waals surface area (Å²) in [6, 6.07) is 2.67. The van der Waals surface area contributed by atoms with E-state index < -0.39 is 5.82 Å². The first-order valence-corrected chi connectivity index (χ1v) is 6.34. The zero-order chi connectivity index (χ0) is 13.8. The maximum absolute atomic E-state index is 13.7. The number of nitrogens with zero attached hydrogens (tertiary/aromatic N) is 1. The number of aliphatic hydroxyl groups excluding tert-OH is 1. The van der Waals surface area contributed by atoms with Crippen LogP contribution < -0.4 is 15.4 Å². The van der Waals surface area contributed by atoms with Crippen LogP contribution >= 0.6 is 0 Å². The van der Waals surface area contributed by atoms with Crippen molar-refractivity contribution in [3.05, 3.63) is 17.9 Å². The number of anilines is 2. The fourth-order valence-electron chi connectivity index (χ4n) is 2.20. The molecule has 1 aromatic rings. The Morgan fingerprint density at radius 3 is 3.05 bits per heavy atom. The van der Waals surface area contributed by atoms with Crippen LogP contribution in [-0.4, -0.2) is 44.1 Å². The summed E-state index contributed by atoms with van der Waals surface area (Å²) < 4.78 is 24.2. The zero-order valence-corrected chi connectivity index (χ0v) is 10.9. The molecule has 106 valence electrons. The van der Waals surface area contributed by atoms with Crippen LogP contribution in [0.5, 0.6) is 5.75 Å². The molecule has 6 heteroatoms. The van der Waals surface area contributed by atoms with Gasteiger partial charge < -0.3 is 25.2 Å². The van der Waals surface area contributed by atoms with Gasteiger partial charge in [-0.2, -0.15) is 0 Å². The van der Waals surface area contributed by atoms with Gasteiger partial charge in [-0.15, -0.1) is 0 Å². The molecule has 0 saturated carbocycles. The second-order valence-corrected chi connectivity index (χ2v) is 4.38. The molecule has 1 atom stereocenters. The molecule has 5 nitrogen and oxygen atoms in total. The second kappa shape index (κ2) is 6.08. The zero-order valence-electron chi connectivity index (χ0n) is 10.9. The third-order valence-electron chi connectivity index (χ3n) is 3.13. The minimum absolute atomic E-state index is 0.0409. The summed E-state index contributed by atoms with van der Waals surface area (Å²) in [7, 11) is 0. The fourth-order valence-corrected chi connectivity index (χ4v) is 2.20. The number of halogens is 1. The van der Waals surface area contributed by atoms with Gasteiger partial charge in [-0.3, -0.25) is 0 Å². The van der Waals surface area contributed by atoms with Gasteiger partial charge in [-0.05, 0) is 6.92 Å². The molecule has 1 heterocycles. The van der Waals surface area contributed by atoms with Crippen molar-refractivity contribution in [2.45, 2.75) is 13.0 Å². The lowest BCUT2D eigenvalue weighted by molar-refractivity contribution is 0.0727. The van der Waals surface area contributed by atoms with Gasteiger partial charge in [0, 0.05) is 18.7 Å². The van der Waals surface area contributed by atoms with Gasteiger partial charge in [0.05, 0.1) is 43.8 Å². The van der Waals surface area contributed by atoms with Gasteiger partial charge in [0.1, 0.15) is 0 Å². The lowest BCUT2D eigenvalue weighted by atomic mass is 10.1. The smallest absolute Gasteiger partial charge is 0.167 e. The molecule has 1 saturated heterocycles. The van der Waals surface area contributed by atoms with E-state index in [2.05, 4.69) is 0 Å². The van der Waals surface area contributed by atoms with Crippen LogP contribution in [0.4, 0.5) is 15.8 Å². The highest BCUT2D eigenvalue weighted by Gasteiger charge is 2.25. The van der Waals surface area contributed by atoms with Crippen molar-refractivity contribution in [2.75, 3.05) is 43.6 Å². The predicted octanol–water partition coefficient (Wildman–Crippen LogP) is 1.00. The van der Waals surface area contributed by atoms with E-state index in [0.717, 1.165) is 0 Å². The Morgan fingerprint density at radius 2 is 2.37 bits per heavy atom. The van der Waals surface area contributed by atoms with Gasteiger partial charge in [0.15, 0.2) is 11.6 Å². The molecule has 0 aromatic heterocycles. The summed E-state index contributed by atoms with van der Waals surface area (Å²) in [4.78, 5) is 1.93. The van der Waals surface area contributed by atoms with Gasteiger partial charge >= 0.3 is 0 Å². The van der Waals surface area contributed by atoms with Gasteiger partial charge in [-0.25, -0.2) is 4.39 Å². The van der Waals surface area contributed by atoms with Crippen molar-refractivity contribution in [1.29, 1.82) is 0 Å². The van der Waals surface area contributed by atoms with E-state index in [1.54, 1.807) is 13.0 Å². The Bertz CT molecular complexity index is 442. The first kappa shape index (κ1) is 13.9. The lowest BCUT2D eigenvalue weighted by Crippen LogP contribution is -2.48. The molecule has 1 unspecified atom stereocenters. The van der Waals surface area contributed by atoms with E-state index in [1.165, 1.54) is 6.07 Å². The molecule has 0 bridgehead atoms. The molecule has 0 radical (unpaired) electrons. The molecule has 1 fully saturated rings. The summed E-state index contributed by atoms with van der Waals surface area (Å²) in [5, 5.41) is 9.37. The van der Waals surface area contributed by atoms with Crippen molar-refractivity contribution in [1.82, 2.24) is 0 Å². The quantitative estimate of drug-likeness (QED) is 0.799. The van der Waals surface area contributed by atoms with Crippen LogP contribution in [0.3, 0.4) is 0 Å². The number of nitrogen functional groups attached to an aromatic ring is 1. The molecule has 3 N–H and O–H groups in total. The SMILES string of the molecule is CCOc1cc(N2CCOCC2CO)c(N)cc1F. The summed E-state index contributed by atoms with van der Waals surface area (Å²) in [6.07, 6.45) is 0. The largest absolute Gasteiger partial charge is 0.491 e. The topological polar surface area (TPSA) is 68.0 Å². The van der Waals surface area contributed by atoms with Crippen molar-refractivity contribution in [3.63, 3.8) is 0 Å². The van der Waals surface area contributed by atoms with Crippen molar-refractivity contribution in [3.8, 4) is 5.75 Å². The van der Waals surface area contributed by atoms with Gasteiger partial charge in [0.2, 0.25) is 0 Å². The molecule has 0 spiro atoms. The molecule has 1 aliphatic rings. The van der Waals surface area contributed by atoms with Crippen molar-refractivity contribution in [2.24, 2.45) is 0 Å². The maximum atomic E-state index is 13.7. The third-order valence-corrected chi connectivity index (χ3v) is 3.13. The highest BCUT2D eigenvalue weighted by Crippen LogP contribution is 2.33. The fraction of sp³-hybridized carbons (Fsp3) is 0.538. The highest BCUT2D eigenvalue weighted by atomic mass is 19.1. The predicted molar refractivity (Wildman–Crippen MR) is 71.0 cm³/mol. The Morgan fingerprint density at radius 1 is 1.58 bits per heavy atom. The number of rotatable bonds is 4. The van der Waals surface area contributed by atoms with E-state index in [-0.39, 0.29) is 18.4 Å². The number of ether oxygens (including phenoxy) is 2. The van der Waals surface area contributed by atoms with Crippen molar-refractivity contribution >= 4 is 11.4 Å². The van der Waals surface area contributed by atoms with Crippen LogP contribution in [0, 0.1) is 5.82 Å². The molecule has 0 amide bonds. The van der Waals surface area contributed by atoms with Gasteiger partial charge in [0.25, 0.3) is 0 Å². The Hall–Kier alpha value is -1.53. The van der Waals surface area contributed by atoms with Crippen LogP contribution in [-0.2, 0) is 4.74 Å². The summed E-state index contributed by atoms with van der Waals surface area (Å²) >= 11 is 0. The first-order chi connectivity index (χ1) is 9.17. The molecule has 1 aromatic carbocycles. The Labute approximate surface area is 111 Å². The number of morpholine rings is 1. The third kappa shape index (κ3) is 2.90. The second-order valence-electron chi connectivity index (χ2n) is 4.38. The number of hydrogen-bond acceptors (Lipinski definition) is 5. The molecule has 19 heavy (non-hydrogen) atoms.